The highest BCUT2D eigenvalue weighted by molar-refractivity contribution is 5.96. The summed E-state index contributed by atoms with van der Waals surface area (Å²) in [6.07, 6.45) is 1.62. The van der Waals surface area contributed by atoms with Crippen molar-refractivity contribution in [2.45, 2.75) is 0 Å². The Morgan fingerprint density at radius 2 is 1.74 bits per heavy atom. The fourth-order valence-electron chi connectivity index (χ4n) is 2.15. The van der Waals surface area contributed by atoms with Crippen molar-refractivity contribution in [1.29, 1.82) is 0 Å². The van der Waals surface area contributed by atoms with Gasteiger partial charge in [0.25, 0.3) is 5.91 Å². The number of carbonyl (C=O) groups is 2. The maximum atomic E-state index is 12.1. The van der Waals surface area contributed by atoms with E-state index in [0.717, 1.165) is 0 Å². The van der Waals surface area contributed by atoms with Gasteiger partial charge in [-0.05, 0) is 36.4 Å². The van der Waals surface area contributed by atoms with Gasteiger partial charge in [-0.2, -0.15) is 0 Å². The first-order chi connectivity index (χ1) is 13.1. The number of rotatable bonds is 9. The van der Waals surface area contributed by atoms with E-state index in [1.165, 1.54) is 14.2 Å². The lowest BCUT2D eigenvalue weighted by molar-refractivity contribution is -0.119. The van der Waals surface area contributed by atoms with E-state index in [4.69, 9.17) is 18.9 Å². The second kappa shape index (κ2) is 9.86. The minimum atomic E-state index is -0.613. The average molecular weight is 371 g/mol. The lowest BCUT2D eigenvalue weighted by Gasteiger charge is -2.12. The molecular formula is C20H21NO6. The largest absolute Gasteiger partial charge is 0.497 e. The minimum absolute atomic E-state index is 0.313. The van der Waals surface area contributed by atoms with E-state index in [1.807, 2.05) is 0 Å². The number of hydrogen-bond acceptors (Lipinski definition) is 6. The summed E-state index contributed by atoms with van der Waals surface area (Å²) < 4.78 is 20.7. The Hall–Kier alpha value is -3.48. The van der Waals surface area contributed by atoms with Crippen LogP contribution >= 0.6 is 0 Å². The third kappa shape index (κ3) is 5.78. The zero-order valence-corrected chi connectivity index (χ0v) is 15.2. The summed E-state index contributed by atoms with van der Waals surface area (Å²) in [6.45, 7) is 3.50. The number of nitrogens with one attached hydrogen (secondary N) is 1. The van der Waals surface area contributed by atoms with Crippen LogP contribution in [0.5, 0.6) is 17.2 Å². The summed E-state index contributed by atoms with van der Waals surface area (Å²) >= 11 is 0. The minimum Gasteiger partial charge on any atom is -0.497 e. The smallest absolute Gasteiger partial charge is 0.338 e. The molecule has 1 amide bonds. The molecule has 0 saturated carbocycles. The van der Waals surface area contributed by atoms with Crippen molar-refractivity contribution in [2.24, 2.45) is 0 Å². The van der Waals surface area contributed by atoms with Gasteiger partial charge in [0.15, 0.2) is 6.61 Å². The molecule has 0 aliphatic rings. The van der Waals surface area contributed by atoms with E-state index >= 15 is 0 Å². The van der Waals surface area contributed by atoms with Gasteiger partial charge < -0.3 is 24.3 Å². The third-order valence-corrected chi connectivity index (χ3v) is 3.47. The van der Waals surface area contributed by atoms with E-state index in [1.54, 1.807) is 48.5 Å². The first kappa shape index (κ1) is 19.8. The standard InChI is InChI=1S/C20H21NO6/c1-4-11-26-15-7-5-14(6-8-15)20(23)27-13-19(22)21-17-12-16(24-2)9-10-18(17)25-3/h4-10,12H,1,11,13H2,2-3H3,(H,21,22). The summed E-state index contributed by atoms with van der Waals surface area (Å²) in [5.74, 6) is 0.514. The molecule has 0 aliphatic heterocycles. The highest BCUT2D eigenvalue weighted by atomic mass is 16.5. The van der Waals surface area contributed by atoms with E-state index < -0.39 is 18.5 Å². The van der Waals surface area contributed by atoms with Gasteiger partial charge in [0.05, 0.1) is 25.5 Å². The second-order valence-corrected chi connectivity index (χ2v) is 5.31. The molecule has 2 aromatic carbocycles. The van der Waals surface area contributed by atoms with Crippen LogP contribution < -0.4 is 19.5 Å². The van der Waals surface area contributed by atoms with Crippen LogP contribution in [0.3, 0.4) is 0 Å². The maximum Gasteiger partial charge on any atom is 0.338 e. The van der Waals surface area contributed by atoms with Crippen LogP contribution in [0.4, 0.5) is 5.69 Å². The van der Waals surface area contributed by atoms with Gasteiger partial charge in [0.2, 0.25) is 0 Å². The molecular weight excluding hydrogens is 350 g/mol. The zero-order chi connectivity index (χ0) is 19.6. The Kier molecular flexibility index (Phi) is 7.25. The number of amides is 1. The van der Waals surface area contributed by atoms with Gasteiger partial charge in [-0.25, -0.2) is 4.79 Å². The Labute approximate surface area is 157 Å². The van der Waals surface area contributed by atoms with Crippen LogP contribution in [0.15, 0.2) is 55.1 Å². The van der Waals surface area contributed by atoms with Gasteiger partial charge in [0.1, 0.15) is 23.9 Å². The maximum absolute atomic E-state index is 12.1. The zero-order valence-electron chi connectivity index (χ0n) is 15.2. The molecule has 0 aliphatic carbocycles. The summed E-state index contributed by atoms with van der Waals surface area (Å²) in [7, 11) is 3.00. The molecule has 2 rings (SSSR count). The monoisotopic (exact) mass is 371 g/mol. The summed E-state index contributed by atoms with van der Waals surface area (Å²) in [4.78, 5) is 24.1. The molecule has 0 aromatic heterocycles. The highest BCUT2D eigenvalue weighted by Crippen LogP contribution is 2.28. The summed E-state index contributed by atoms with van der Waals surface area (Å²) in [5.41, 5.74) is 0.731. The first-order valence-electron chi connectivity index (χ1n) is 8.10. The molecule has 0 fully saturated rings. The van der Waals surface area contributed by atoms with Crippen molar-refractivity contribution in [3.63, 3.8) is 0 Å². The van der Waals surface area contributed by atoms with E-state index in [2.05, 4.69) is 11.9 Å². The van der Waals surface area contributed by atoms with Crippen molar-refractivity contribution < 1.29 is 28.5 Å². The molecule has 2 aromatic rings. The Balaban J connectivity index is 1.91. The normalized spacial score (nSPS) is 9.85. The molecule has 0 spiro atoms. The number of benzene rings is 2. The molecule has 0 atom stereocenters. The molecule has 142 valence electrons. The van der Waals surface area contributed by atoms with Gasteiger partial charge in [-0.15, -0.1) is 0 Å². The first-order valence-corrected chi connectivity index (χ1v) is 8.10. The van der Waals surface area contributed by atoms with Crippen molar-refractivity contribution >= 4 is 17.6 Å². The lowest BCUT2D eigenvalue weighted by Crippen LogP contribution is -2.21. The van der Waals surface area contributed by atoms with Crippen LogP contribution in [-0.2, 0) is 9.53 Å². The third-order valence-electron chi connectivity index (χ3n) is 3.47. The van der Waals surface area contributed by atoms with E-state index in [-0.39, 0.29) is 0 Å². The number of esters is 1. The molecule has 0 bridgehead atoms. The summed E-state index contributed by atoms with van der Waals surface area (Å²) in [5, 5.41) is 2.62. The summed E-state index contributed by atoms with van der Waals surface area (Å²) in [6, 6.07) is 11.4. The Bertz CT molecular complexity index is 801. The van der Waals surface area contributed by atoms with Gasteiger partial charge in [0, 0.05) is 6.07 Å². The molecule has 0 heterocycles. The van der Waals surface area contributed by atoms with Crippen molar-refractivity contribution in [2.75, 3.05) is 32.8 Å². The molecule has 1 N–H and O–H groups in total. The average Bonchev–Trinajstić information content (AvgIpc) is 2.70. The quantitative estimate of drug-likeness (QED) is 0.539. The predicted octanol–water partition coefficient (Wildman–Crippen LogP) is 3.06. The number of anilines is 1. The lowest BCUT2D eigenvalue weighted by atomic mass is 10.2. The van der Waals surface area contributed by atoms with Gasteiger partial charge in [-0.1, -0.05) is 12.7 Å². The Morgan fingerprint density at radius 3 is 2.37 bits per heavy atom. The number of hydrogen-bond donors (Lipinski definition) is 1. The van der Waals surface area contributed by atoms with Gasteiger partial charge in [-0.3, -0.25) is 4.79 Å². The molecule has 0 saturated heterocycles. The molecule has 7 nitrogen and oxygen atoms in total. The molecule has 27 heavy (non-hydrogen) atoms. The van der Waals surface area contributed by atoms with Crippen LogP contribution in [-0.4, -0.2) is 39.3 Å². The van der Waals surface area contributed by atoms with Crippen LogP contribution in [0, 0.1) is 0 Å². The number of methoxy groups -OCH3 is 2. The van der Waals surface area contributed by atoms with Crippen LogP contribution in [0.1, 0.15) is 10.4 Å². The molecule has 0 radical (unpaired) electrons. The second-order valence-electron chi connectivity index (χ2n) is 5.31. The fraction of sp³-hybridized carbons (Fsp3) is 0.200. The predicted molar refractivity (Wildman–Crippen MR) is 101 cm³/mol. The van der Waals surface area contributed by atoms with Crippen molar-refractivity contribution in [1.82, 2.24) is 0 Å². The number of ether oxygens (including phenoxy) is 4. The van der Waals surface area contributed by atoms with E-state index in [0.29, 0.717) is 35.1 Å². The Morgan fingerprint density at radius 1 is 1.04 bits per heavy atom. The highest BCUT2D eigenvalue weighted by Gasteiger charge is 2.13. The molecule has 0 unspecified atom stereocenters. The number of carbonyl (C=O) groups excluding carboxylic acids is 2. The van der Waals surface area contributed by atoms with Gasteiger partial charge >= 0.3 is 5.97 Å². The van der Waals surface area contributed by atoms with Crippen molar-refractivity contribution in [3.8, 4) is 17.2 Å². The van der Waals surface area contributed by atoms with Crippen LogP contribution in [0.2, 0.25) is 0 Å². The van der Waals surface area contributed by atoms with E-state index in [9.17, 15) is 9.59 Å². The topological polar surface area (TPSA) is 83.1 Å². The van der Waals surface area contributed by atoms with Crippen molar-refractivity contribution in [3.05, 3.63) is 60.7 Å². The SMILES string of the molecule is C=CCOc1ccc(C(=O)OCC(=O)Nc2cc(OC)ccc2OC)cc1. The van der Waals surface area contributed by atoms with Crippen LogP contribution in [0.25, 0.3) is 0 Å². The fourth-order valence-corrected chi connectivity index (χ4v) is 2.15. The molecule has 7 heteroatoms.